The third kappa shape index (κ3) is 4.69. The molecule has 1 unspecified atom stereocenters. The highest BCUT2D eigenvalue weighted by molar-refractivity contribution is 6.33. The quantitative estimate of drug-likeness (QED) is 0.599. The molecule has 0 radical (unpaired) electrons. The molecule has 0 spiro atoms. The van der Waals surface area contributed by atoms with Crippen molar-refractivity contribution in [1.82, 2.24) is 14.8 Å². The molecule has 2 N–H and O–H groups in total. The molecule has 1 fully saturated rings. The fourth-order valence-electron chi connectivity index (χ4n) is 4.03. The molecule has 2 amide bonds. The fraction of sp³-hybridized carbons (Fsp3) is 0.304. The Balaban J connectivity index is 1.23. The van der Waals surface area contributed by atoms with Crippen LogP contribution in [-0.2, 0) is 20.9 Å². The number of carbonyl (C=O) groups is 2. The minimum absolute atomic E-state index is 0.0225. The van der Waals surface area contributed by atoms with Crippen molar-refractivity contribution in [2.24, 2.45) is 5.92 Å². The smallest absolute Gasteiger partial charge is 0.231 e. The van der Waals surface area contributed by atoms with Crippen LogP contribution in [-0.4, -0.2) is 52.9 Å². The maximum Gasteiger partial charge on any atom is 0.231 e. The molecule has 1 atom stereocenters. The maximum absolute atomic E-state index is 12.6. The topological polar surface area (TPSA) is 101 Å². The molecule has 0 saturated carbocycles. The van der Waals surface area contributed by atoms with Gasteiger partial charge in [0.15, 0.2) is 0 Å². The first-order valence-corrected chi connectivity index (χ1v) is 11.2. The number of pyridine rings is 1. The zero-order chi connectivity index (χ0) is 22.8. The van der Waals surface area contributed by atoms with Gasteiger partial charge >= 0.3 is 0 Å². The van der Waals surface area contributed by atoms with E-state index in [1.165, 1.54) is 0 Å². The molecule has 0 bridgehead atoms. The van der Waals surface area contributed by atoms with Gasteiger partial charge in [-0.05, 0) is 6.07 Å². The standard InChI is InChI=1S/C23H23ClN6O3/c24-18-11-17(13-25-22(18)29-6-8-33-9-7-29)26-21(31)10-16-14-30-20(27-23(16)32)12-19(28-30)15-4-2-1-3-5-15/h1-5,11-13,16H,6-10,14H2,(H,26,31)(H,27,32). The Hall–Kier alpha value is -3.43. The second kappa shape index (κ2) is 9.21. The Bertz CT molecular complexity index is 1180. The molecule has 4 heterocycles. The van der Waals surface area contributed by atoms with Gasteiger partial charge in [0.05, 0.1) is 48.3 Å². The van der Waals surface area contributed by atoms with Crippen molar-refractivity contribution in [2.45, 2.75) is 13.0 Å². The van der Waals surface area contributed by atoms with Crippen molar-refractivity contribution in [3.63, 3.8) is 0 Å². The van der Waals surface area contributed by atoms with Gasteiger partial charge in [-0.3, -0.25) is 9.59 Å². The van der Waals surface area contributed by atoms with Crippen molar-refractivity contribution in [3.8, 4) is 11.3 Å². The number of fused-ring (bicyclic) bond motifs is 1. The number of rotatable bonds is 5. The molecule has 33 heavy (non-hydrogen) atoms. The normalized spacial score (nSPS) is 17.9. The SMILES string of the molecule is O=C(CC1Cn2nc(-c3ccccc3)cc2NC1=O)Nc1cnc(N2CCOCC2)c(Cl)c1. The minimum Gasteiger partial charge on any atom is -0.378 e. The van der Waals surface area contributed by atoms with Gasteiger partial charge in [0, 0.05) is 31.1 Å². The van der Waals surface area contributed by atoms with Gasteiger partial charge in [0.2, 0.25) is 11.8 Å². The van der Waals surface area contributed by atoms with E-state index in [2.05, 4.69) is 25.6 Å². The third-order valence-corrected chi connectivity index (χ3v) is 5.99. The van der Waals surface area contributed by atoms with Crippen LogP contribution in [0.2, 0.25) is 5.02 Å². The van der Waals surface area contributed by atoms with Gasteiger partial charge in [0.25, 0.3) is 0 Å². The van der Waals surface area contributed by atoms with E-state index >= 15 is 0 Å². The average molecular weight is 467 g/mol. The van der Waals surface area contributed by atoms with Crippen LogP contribution in [0.3, 0.4) is 0 Å². The first-order chi connectivity index (χ1) is 16.1. The number of benzene rings is 1. The van der Waals surface area contributed by atoms with Crippen LogP contribution >= 0.6 is 11.6 Å². The summed E-state index contributed by atoms with van der Waals surface area (Å²) in [6.07, 6.45) is 1.60. The largest absolute Gasteiger partial charge is 0.378 e. The van der Waals surface area contributed by atoms with Crippen molar-refractivity contribution in [2.75, 3.05) is 41.8 Å². The molecule has 2 aliphatic rings. The molecule has 5 rings (SSSR count). The molecule has 9 nitrogen and oxygen atoms in total. The van der Waals surface area contributed by atoms with E-state index in [0.29, 0.717) is 42.1 Å². The molecular formula is C23H23ClN6O3. The lowest BCUT2D eigenvalue weighted by molar-refractivity contribution is -0.125. The summed E-state index contributed by atoms with van der Waals surface area (Å²) in [5.41, 5.74) is 2.23. The van der Waals surface area contributed by atoms with Gasteiger partial charge in [-0.25, -0.2) is 9.67 Å². The van der Waals surface area contributed by atoms with Crippen LogP contribution in [0.4, 0.5) is 17.3 Å². The number of morpholine rings is 1. The van der Waals surface area contributed by atoms with Crippen LogP contribution in [0.1, 0.15) is 6.42 Å². The molecule has 1 saturated heterocycles. The van der Waals surface area contributed by atoms with Crippen molar-refractivity contribution < 1.29 is 14.3 Å². The van der Waals surface area contributed by atoms with Gasteiger partial charge in [-0.1, -0.05) is 41.9 Å². The molecule has 0 aliphatic carbocycles. The molecule has 2 aliphatic heterocycles. The van der Waals surface area contributed by atoms with Crippen LogP contribution in [0.5, 0.6) is 0 Å². The van der Waals surface area contributed by atoms with E-state index in [4.69, 9.17) is 16.3 Å². The van der Waals surface area contributed by atoms with Crippen LogP contribution in [0.25, 0.3) is 11.3 Å². The van der Waals surface area contributed by atoms with Crippen molar-refractivity contribution >= 4 is 40.7 Å². The first kappa shape index (κ1) is 21.4. The predicted octanol–water partition coefficient (Wildman–Crippen LogP) is 3.03. The number of amides is 2. The number of nitrogens with zero attached hydrogens (tertiary/aromatic N) is 4. The Morgan fingerprint density at radius 2 is 2.00 bits per heavy atom. The maximum atomic E-state index is 12.6. The van der Waals surface area contributed by atoms with Crippen LogP contribution in [0.15, 0.2) is 48.7 Å². The summed E-state index contributed by atoms with van der Waals surface area (Å²) < 4.78 is 7.09. The van der Waals surface area contributed by atoms with Gasteiger partial charge < -0.3 is 20.3 Å². The van der Waals surface area contributed by atoms with E-state index in [-0.39, 0.29) is 18.2 Å². The zero-order valence-electron chi connectivity index (χ0n) is 17.8. The minimum atomic E-state index is -0.530. The molecular weight excluding hydrogens is 444 g/mol. The van der Waals surface area contributed by atoms with E-state index in [0.717, 1.165) is 24.3 Å². The van der Waals surface area contributed by atoms with E-state index in [9.17, 15) is 9.59 Å². The molecule has 2 aromatic heterocycles. The lowest BCUT2D eigenvalue weighted by Crippen LogP contribution is -2.37. The Morgan fingerprint density at radius 1 is 1.21 bits per heavy atom. The van der Waals surface area contributed by atoms with Gasteiger partial charge in [-0.2, -0.15) is 5.10 Å². The predicted molar refractivity (Wildman–Crippen MR) is 125 cm³/mol. The lowest BCUT2D eigenvalue weighted by Gasteiger charge is -2.28. The molecule has 10 heteroatoms. The first-order valence-electron chi connectivity index (χ1n) is 10.8. The average Bonchev–Trinajstić information content (AvgIpc) is 3.23. The highest BCUT2D eigenvalue weighted by Crippen LogP contribution is 2.29. The van der Waals surface area contributed by atoms with E-state index in [1.54, 1.807) is 16.9 Å². The Kier molecular flexibility index (Phi) is 5.97. The highest BCUT2D eigenvalue weighted by Gasteiger charge is 2.29. The number of hydrogen-bond donors (Lipinski definition) is 2. The summed E-state index contributed by atoms with van der Waals surface area (Å²) in [7, 11) is 0. The summed E-state index contributed by atoms with van der Waals surface area (Å²) in [4.78, 5) is 31.7. The lowest BCUT2D eigenvalue weighted by atomic mass is 10.0. The summed E-state index contributed by atoms with van der Waals surface area (Å²) in [5, 5.41) is 10.7. The molecule has 3 aromatic rings. The van der Waals surface area contributed by atoms with Gasteiger partial charge in [0.1, 0.15) is 11.6 Å². The second-order valence-electron chi connectivity index (χ2n) is 8.03. The van der Waals surface area contributed by atoms with Crippen molar-refractivity contribution in [1.29, 1.82) is 0 Å². The number of nitrogens with one attached hydrogen (secondary N) is 2. The second-order valence-corrected chi connectivity index (χ2v) is 8.44. The summed E-state index contributed by atoms with van der Waals surface area (Å²) in [6, 6.07) is 13.3. The molecule has 1 aromatic carbocycles. The number of carbonyl (C=O) groups excluding carboxylic acids is 2. The number of anilines is 3. The summed E-state index contributed by atoms with van der Waals surface area (Å²) in [5.74, 6) is 0.286. The summed E-state index contributed by atoms with van der Waals surface area (Å²) in [6.45, 7) is 3.03. The van der Waals surface area contributed by atoms with Crippen LogP contribution < -0.4 is 15.5 Å². The third-order valence-electron chi connectivity index (χ3n) is 5.71. The highest BCUT2D eigenvalue weighted by atomic mass is 35.5. The number of aromatic nitrogens is 3. The fourth-order valence-corrected chi connectivity index (χ4v) is 4.31. The Morgan fingerprint density at radius 3 is 2.76 bits per heavy atom. The Labute approximate surface area is 195 Å². The number of halogens is 1. The van der Waals surface area contributed by atoms with E-state index < -0.39 is 5.92 Å². The van der Waals surface area contributed by atoms with Crippen molar-refractivity contribution in [3.05, 3.63) is 53.7 Å². The number of ether oxygens (including phenoxy) is 1. The molecule has 170 valence electrons. The monoisotopic (exact) mass is 466 g/mol. The zero-order valence-corrected chi connectivity index (χ0v) is 18.6. The summed E-state index contributed by atoms with van der Waals surface area (Å²) >= 11 is 6.40. The van der Waals surface area contributed by atoms with Gasteiger partial charge in [-0.15, -0.1) is 0 Å². The van der Waals surface area contributed by atoms with Crippen LogP contribution in [0, 0.1) is 5.92 Å². The van der Waals surface area contributed by atoms with E-state index in [1.807, 2.05) is 36.4 Å². The number of hydrogen-bond acceptors (Lipinski definition) is 6.